The summed E-state index contributed by atoms with van der Waals surface area (Å²) in [6.45, 7) is 0.250. The summed E-state index contributed by atoms with van der Waals surface area (Å²) in [7, 11) is 0. The molecular formula is C15H9ClN2O2S. The molecule has 104 valence electrons. The molecule has 1 aromatic carbocycles. The number of hydrogen-bond donors (Lipinski definition) is 0. The summed E-state index contributed by atoms with van der Waals surface area (Å²) in [4.78, 5) is 1.02. The van der Waals surface area contributed by atoms with Crippen LogP contribution in [-0.2, 0) is 6.61 Å². The molecule has 0 unspecified atom stereocenters. The molecule has 0 saturated carbocycles. The van der Waals surface area contributed by atoms with E-state index in [1.54, 1.807) is 29.5 Å². The van der Waals surface area contributed by atoms with E-state index in [0.717, 1.165) is 10.6 Å². The number of nitriles is 1. The third-order valence-corrected chi connectivity index (χ3v) is 3.94. The van der Waals surface area contributed by atoms with Crippen LogP contribution in [0.5, 0.6) is 5.75 Å². The van der Waals surface area contributed by atoms with Crippen molar-refractivity contribution in [2.75, 3.05) is 0 Å². The predicted octanol–water partition coefficient (Wildman–Crippen LogP) is 4.51. The monoisotopic (exact) mass is 316 g/mol. The Kier molecular flexibility index (Phi) is 3.91. The average Bonchev–Trinajstić information content (AvgIpc) is 3.16. The Bertz CT molecular complexity index is 790. The fourth-order valence-electron chi connectivity index (χ4n) is 1.75. The highest BCUT2D eigenvalue weighted by molar-refractivity contribution is 7.13. The maximum absolute atomic E-state index is 8.78. The maximum Gasteiger partial charge on any atom is 0.177 e. The summed E-state index contributed by atoms with van der Waals surface area (Å²) in [6.07, 6.45) is 0. The number of aromatic nitrogens is 1. The minimum atomic E-state index is 0.250. The van der Waals surface area contributed by atoms with Crippen molar-refractivity contribution in [3.8, 4) is 22.5 Å². The van der Waals surface area contributed by atoms with Gasteiger partial charge in [-0.1, -0.05) is 22.8 Å². The van der Waals surface area contributed by atoms with Crippen LogP contribution < -0.4 is 4.74 Å². The zero-order chi connectivity index (χ0) is 14.7. The lowest BCUT2D eigenvalue weighted by Gasteiger charge is -2.05. The number of nitrogens with zero attached hydrogens (tertiary/aromatic N) is 2. The minimum absolute atomic E-state index is 0.250. The van der Waals surface area contributed by atoms with E-state index in [0.29, 0.717) is 22.0 Å². The average molecular weight is 317 g/mol. The number of benzene rings is 1. The van der Waals surface area contributed by atoms with E-state index in [-0.39, 0.29) is 6.61 Å². The van der Waals surface area contributed by atoms with Crippen LogP contribution in [0.2, 0.25) is 5.02 Å². The molecule has 0 aliphatic rings. The van der Waals surface area contributed by atoms with Gasteiger partial charge in [-0.15, -0.1) is 11.3 Å². The summed E-state index contributed by atoms with van der Waals surface area (Å²) in [5.74, 6) is 1.23. The standard InChI is InChI=1S/C15H9ClN2O2S/c16-12-6-10(8-17)3-4-13(12)19-9-11-7-14(20-18-11)15-2-1-5-21-15/h1-7H,9H2. The van der Waals surface area contributed by atoms with Gasteiger partial charge in [-0.3, -0.25) is 0 Å². The van der Waals surface area contributed by atoms with Gasteiger partial charge < -0.3 is 9.26 Å². The molecule has 0 radical (unpaired) electrons. The number of ether oxygens (including phenoxy) is 1. The second-order valence-electron chi connectivity index (χ2n) is 4.21. The van der Waals surface area contributed by atoms with Crippen LogP contribution >= 0.6 is 22.9 Å². The maximum atomic E-state index is 8.78. The lowest BCUT2D eigenvalue weighted by atomic mass is 10.2. The molecule has 4 nitrogen and oxygen atoms in total. The minimum Gasteiger partial charge on any atom is -0.486 e. The SMILES string of the molecule is N#Cc1ccc(OCc2cc(-c3cccs3)on2)c(Cl)c1. The molecule has 0 aliphatic carbocycles. The van der Waals surface area contributed by atoms with Gasteiger partial charge in [-0.25, -0.2) is 0 Å². The molecule has 0 aliphatic heterocycles. The van der Waals surface area contributed by atoms with Crippen molar-refractivity contribution in [2.45, 2.75) is 6.61 Å². The number of rotatable bonds is 4. The molecule has 2 heterocycles. The van der Waals surface area contributed by atoms with Gasteiger partial charge in [0.25, 0.3) is 0 Å². The van der Waals surface area contributed by atoms with E-state index < -0.39 is 0 Å². The molecule has 0 atom stereocenters. The Hall–Kier alpha value is -2.29. The first kappa shape index (κ1) is 13.7. The number of halogens is 1. The van der Waals surface area contributed by atoms with Crippen LogP contribution in [0, 0.1) is 11.3 Å². The van der Waals surface area contributed by atoms with E-state index in [4.69, 9.17) is 26.1 Å². The van der Waals surface area contributed by atoms with E-state index >= 15 is 0 Å². The van der Waals surface area contributed by atoms with Gasteiger partial charge in [0.1, 0.15) is 18.1 Å². The summed E-state index contributed by atoms with van der Waals surface area (Å²) < 4.78 is 10.9. The molecule has 0 spiro atoms. The Morgan fingerprint density at radius 1 is 1.33 bits per heavy atom. The van der Waals surface area contributed by atoms with Crippen molar-refractivity contribution in [3.63, 3.8) is 0 Å². The summed E-state index contributed by atoms with van der Waals surface area (Å²) in [5, 5.41) is 15.1. The van der Waals surface area contributed by atoms with E-state index in [1.807, 2.05) is 29.6 Å². The van der Waals surface area contributed by atoms with Gasteiger partial charge in [0.15, 0.2) is 5.76 Å². The van der Waals surface area contributed by atoms with Gasteiger partial charge in [0.2, 0.25) is 0 Å². The topological polar surface area (TPSA) is 59.0 Å². The molecule has 3 rings (SSSR count). The first-order valence-electron chi connectivity index (χ1n) is 6.08. The largest absolute Gasteiger partial charge is 0.486 e. The number of thiophene rings is 1. The van der Waals surface area contributed by atoms with Crippen molar-refractivity contribution in [2.24, 2.45) is 0 Å². The highest BCUT2D eigenvalue weighted by Gasteiger charge is 2.09. The van der Waals surface area contributed by atoms with Gasteiger partial charge in [-0.2, -0.15) is 5.26 Å². The molecule has 3 aromatic rings. The molecule has 0 saturated heterocycles. The van der Waals surface area contributed by atoms with Crippen LogP contribution in [-0.4, -0.2) is 5.16 Å². The Labute approximate surface area is 130 Å². The summed E-state index contributed by atoms with van der Waals surface area (Å²) in [6, 6.07) is 12.7. The lowest BCUT2D eigenvalue weighted by Crippen LogP contribution is -1.96. The normalized spacial score (nSPS) is 10.3. The van der Waals surface area contributed by atoms with Crippen molar-refractivity contribution in [1.82, 2.24) is 5.16 Å². The van der Waals surface area contributed by atoms with E-state index in [9.17, 15) is 0 Å². The van der Waals surface area contributed by atoms with Crippen molar-refractivity contribution < 1.29 is 9.26 Å². The van der Waals surface area contributed by atoms with Gasteiger partial charge in [0.05, 0.1) is 21.5 Å². The highest BCUT2D eigenvalue weighted by Crippen LogP contribution is 2.28. The van der Waals surface area contributed by atoms with Crippen LogP contribution in [0.25, 0.3) is 10.6 Å². The number of hydrogen-bond acceptors (Lipinski definition) is 5. The quantitative estimate of drug-likeness (QED) is 0.710. The predicted molar refractivity (Wildman–Crippen MR) is 80.3 cm³/mol. The molecule has 21 heavy (non-hydrogen) atoms. The second-order valence-corrected chi connectivity index (χ2v) is 5.56. The Morgan fingerprint density at radius 3 is 2.95 bits per heavy atom. The summed E-state index contributed by atoms with van der Waals surface area (Å²) >= 11 is 7.63. The van der Waals surface area contributed by atoms with Gasteiger partial charge >= 0.3 is 0 Å². The smallest absolute Gasteiger partial charge is 0.177 e. The zero-order valence-corrected chi connectivity index (χ0v) is 12.3. The first-order valence-corrected chi connectivity index (χ1v) is 7.34. The first-order chi connectivity index (χ1) is 10.3. The molecule has 0 N–H and O–H groups in total. The van der Waals surface area contributed by atoms with Gasteiger partial charge in [-0.05, 0) is 29.6 Å². The van der Waals surface area contributed by atoms with E-state index in [1.165, 1.54) is 0 Å². The third-order valence-electron chi connectivity index (χ3n) is 2.76. The van der Waals surface area contributed by atoms with Crippen LogP contribution in [0.4, 0.5) is 0 Å². The third kappa shape index (κ3) is 3.07. The molecule has 2 aromatic heterocycles. The molecule has 0 bridgehead atoms. The van der Waals surface area contributed by atoms with Crippen molar-refractivity contribution in [3.05, 3.63) is 58.1 Å². The van der Waals surface area contributed by atoms with Gasteiger partial charge in [0, 0.05) is 6.07 Å². The highest BCUT2D eigenvalue weighted by atomic mass is 35.5. The second kappa shape index (κ2) is 6.00. The molecule has 6 heteroatoms. The molecule has 0 amide bonds. The zero-order valence-electron chi connectivity index (χ0n) is 10.7. The fourth-order valence-corrected chi connectivity index (χ4v) is 2.66. The van der Waals surface area contributed by atoms with Crippen molar-refractivity contribution >= 4 is 22.9 Å². The van der Waals surface area contributed by atoms with E-state index in [2.05, 4.69) is 5.16 Å². The lowest BCUT2D eigenvalue weighted by molar-refractivity contribution is 0.290. The van der Waals surface area contributed by atoms with Crippen LogP contribution in [0.15, 0.2) is 46.3 Å². The summed E-state index contributed by atoms with van der Waals surface area (Å²) in [5.41, 5.74) is 1.17. The Balaban J connectivity index is 1.70. The van der Waals surface area contributed by atoms with Crippen LogP contribution in [0.1, 0.15) is 11.3 Å². The Morgan fingerprint density at radius 2 is 2.24 bits per heavy atom. The van der Waals surface area contributed by atoms with Crippen molar-refractivity contribution in [1.29, 1.82) is 5.26 Å². The molecule has 0 fully saturated rings. The molecular weight excluding hydrogens is 308 g/mol. The van der Waals surface area contributed by atoms with Crippen LogP contribution in [0.3, 0.4) is 0 Å². The fraction of sp³-hybridized carbons (Fsp3) is 0.0667.